The van der Waals surface area contributed by atoms with Crippen molar-refractivity contribution in [3.63, 3.8) is 0 Å². The maximum atomic E-state index is 14.2. The van der Waals surface area contributed by atoms with E-state index in [-0.39, 0.29) is 23.4 Å². The molecule has 32 heavy (non-hydrogen) atoms. The number of anilines is 4. The number of hydrogen-bond acceptors (Lipinski definition) is 7. The molecule has 0 saturated heterocycles. The van der Waals surface area contributed by atoms with E-state index in [1.165, 1.54) is 18.2 Å². The number of halogens is 2. The largest absolute Gasteiger partial charge is 0.366 e. The third kappa shape index (κ3) is 4.03. The zero-order chi connectivity index (χ0) is 23.0. The average Bonchev–Trinajstić information content (AvgIpc) is 3.06. The standard InChI is InChI=1S/C22H23F2N7O/c1-12-7-16-17(19(25)32)9-15(24)10-18(16)31(12)22-27-20(21(28-29-22)30(2)3)26-11-13-5-4-6-14(23)8-13/h4-6,8-10,12H,7,11H2,1-3H3,(H2,25,32)(H,26,27,29). The van der Waals surface area contributed by atoms with Gasteiger partial charge in [0.25, 0.3) is 5.95 Å². The fourth-order valence-corrected chi connectivity index (χ4v) is 3.87. The predicted octanol–water partition coefficient (Wildman–Crippen LogP) is 3.01. The Morgan fingerprint density at radius 3 is 2.69 bits per heavy atom. The minimum absolute atomic E-state index is 0.145. The molecule has 1 aromatic heterocycles. The molecule has 0 fully saturated rings. The van der Waals surface area contributed by atoms with Gasteiger partial charge in [-0.05, 0) is 48.7 Å². The van der Waals surface area contributed by atoms with Crippen molar-refractivity contribution in [2.24, 2.45) is 5.73 Å². The van der Waals surface area contributed by atoms with Crippen LogP contribution in [0.1, 0.15) is 28.4 Å². The minimum atomic E-state index is -0.686. The van der Waals surface area contributed by atoms with Crippen LogP contribution in [0.15, 0.2) is 36.4 Å². The lowest BCUT2D eigenvalue weighted by molar-refractivity contribution is 0.0999. The van der Waals surface area contributed by atoms with Crippen LogP contribution in [-0.2, 0) is 13.0 Å². The number of primary amides is 1. The highest BCUT2D eigenvalue weighted by Crippen LogP contribution is 2.39. The minimum Gasteiger partial charge on any atom is -0.366 e. The first-order valence-electron chi connectivity index (χ1n) is 10.1. The predicted molar refractivity (Wildman–Crippen MR) is 118 cm³/mol. The fourth-order valence-electron chi connectivity index (χ4n) is 3.87. The van der Waals surface area contributed by atoms with E-state index in [2.05, 4.69) is 20.5 Å². The normalized spacial score (nSPS) is 14.9. The number of nitrogens with two attached hydrogens (primary N) is 1. The van der Waals surface area contributed by atoms with Crippen molar-refractivity contribution < 1.29 is 13.6 Å². The van der Waals surface area contributed by atoms with Crippen LogP contribution in [-0.4, -0.2) is 41.2 Å². The molecule has 1 atom stereocenters. The number of carbonyl (C=O) groups is 1. The first-order valence-corrected chi connectivity index (χ1v) is 10.1. The van der Waals surface area contributed by atoms with Crippen molar-refractivity contribution in [1.82, 2.24) is 15.2 Å². The molecule has 1 aliphatic heterocycles. The molecule has 1 unspecified atom stereocenters. The van der Waals surface area contributed by atoms with Crippen molar-refractivity contribution in [2.75, 3.05) is 29.2 Å². The van der Waals surface area contributed by atoms with Gasteiger partial charge in [0.15, 0.2) is 11.6 Å². The van der Waals surface area contributed by atoms with Crippen LogP contribution in [0.2, 0.25) is 0 Å². The summed E-state index contributed by atoms with van der Waals surface area (Å²) in [5, 5.41) is 11.7. The highest BCUT2D eigenvalue weighted by molar-refractivity contribution is 5.97. The van der Waals surface area contributed by atoms with E-state index in [4.69, 9.17) is 5.73 Å². The van der Waals surface area contributed by atoms with Gasteiger partial charge in [0.2, 0.25) is 5.91 Å². The van der Waals surface area contributed by atoms with E-state index < -0.39 is 11.7 Å². The van der Waals surface area contributed by atoms with Gasteiger partial charge in [-0.3, -0.25) is 4.79 Å². The SMILES string of the molecule is CC1Cc2c(C(N)=O)cc(F)cc2N1c1nnc(N(C)C)c(NCc2cccc(F)c2)n1. The van der Waals surface area contributed by atoms with Gasteiger partial charge in [-0.15, -0.1) is 10.2 Å². The Bertz CT molecular complexity index is 1180. The molecule has 166 valence electrons. The van der Waals surface area contributed by atoms with E-state index in [1.54, 1.807) is 36.0 Å². The second-order valence-electron chi connectivity index (χ2n) is 7.90. The summed E-state index contributed by atoms with van der Waals surface area (Å²) >= 11 is 0. The van der Waals surface area contributed by atoms with E-state index in [0.29, 0.717) is 35.9 Å². The summed E-state index contributed by atoms with van der Waals surface area (Å²) in [6.45, 7) is 2.25. The fraction of sp³-hybridized carbons (Fsp3) is 0.273. The molecule has 4 rings (SSSR count). The highest BCUT2D eigenvalue weighted by atomic mass is 19.1. The van der Waals surface area contributed by atoms with Crippen LogP contribution in [0.3, 0.4) is 0 Å². The lowest BCUT2D eigenvalue weighted by Gasteiger charge is -2.24. The molecule has 10 heteroatoms. The summed E-state index contributed by atoms with van der Waals surface area (Å²) < 4.78 is 27.8. The molecular formula is C22H23F2N7O. The number of hydrogen-bond donors (Lipinski definition) is 2. The summed E-state index contributed by atoms with van der Waals surface area (Å²) in [6, 6.07) is 8.60. The topological polar surface area (TPSA) is 100 Å². The Morgan fingerprint density at radius 2 is 2.00 bits per heavy atom. The van der Waals surface area contributed by atoms with Gasteiger partial charge < -0.3 is 20.9 Å². The zero-order valence-corrected chi connectivity index (χ0v) is 17.9. The van der Waals surface area contributed by atoms with Crippen molar-refractivity contribution in [3.8, 4) is 0 Å². The molecule has 8 nitrogen and oxygen atoms in total. The molecule has 0 radical (unpaired) electrons. The van der Waals surface area contributed by atoms with Gasteiger partial charge in [0.1, 0.15) is 11.6 Å². The summed E-state index contributed by atoms with van der Waals surface area (Å²) in [5.41, 5.74) is 7.49. The number of amides is 1. The highest BCUT2D eigenvalue weighted by Gasteiger charge is 2.33. The van der Waals surface area contributed by atoms with E-state index in [9.17, 15) is 13.6 Å². The van der Waals surface area contributed by atoms with Gasteiger partial charge in [0.05, 0.1) is 5.69 Å². The quantitative estimate of drug-likeness (QED) is 0.609. The Balaban J connectivity index is 1.72. The van der Waals surface area contributed by atoms with Gasteiger partial charge in [-0.2, -0.15) is 4.98 Å². The molecular weight excluding hydrogens is 416 g/mol. The molecule has 2 heterocycles. The Hall–Kier alpha value is -3.82. The molecule has 0 saturated carbocycles. The van der Waals surface area contributed by atoms with Crippen molar-refractivity contribution in [2.45, 2.75) is 25.9 Å². The Morgan fingerprint density at radius 1 is 1.22 bits per heavy atom. The zero-order valence-electron chi connectivity index (χ0n) is 17.9. The lowest BCUT2D eigenvalue weighted by atomic mass is 10.0. The smallest absolute Gasteiger partial charge is 0.252 e. The van der Waals surface area contributed by atoms with Crippen molar-refractivity contribution in [1.29, 1.82) is 0 Å². The molecule has 0 aliphatic carbocycles. The Labute approximate surface area is 184 Å². The van der Waals surface area contributed by atoms with Crippen LogP contribution < -0.4 is 20.9 Å². The third-order valence-electron chi connectivity index (χ3n) is 5.30. The monoisotopic (exact) mass is 439 g/mol. The Kier molecular flexibility index (Phi) is 5.60. The van der Waals surface area contributed by atoms with Gasteiger partial charge in [-0.1, -0.05) is 12.1 Å². The summed E-state index contributed by atoms with van der Waals surface area (Å²) in [7, 11) is 3.61. The molecule has 3 aromatic rings. The van der Waals surface area contributed by atoms with Crippen LogP contribution in [0, 0.1) is 11.6 Å². The van der Waals surface area contributed by atoms with E-state index in [0.717, 1.165) is 11.6 Å². The molecule has 1 aliphatic rings. The van der Waals surface area contributed by atoms with Gasteiger partial charge in [0, 0.05) is 32.2 Å². The lowest BCUT2D eigenvalue weighted by Crippen LogP contribution is -2.27. The van der Waals surface area contributed by atoms with Crippen molar-refractivity contribution >= 4 is 29.2 Å². The number of aromatic nitrogens is 3. The maximum Gasteiger partial charge on any atom is 0.252 e. The van der Waals surface area contributed by atoms with Gasteiger partial charge in [-0.25, -0.2) is 8.78 Å². The second-order valence-corrected chi connectivity index (χ2v) is 7.90. The number of carbonyl (C=O) groups excluding carboxylic acids is 1. The maximum absolute atomic E-state index is 14.2. The first kappa shape index (κ1) is 21.4. The van der Waals surface area contributed by atoms with Crippen LogP contribution in [0.4, 0.5) is 32.1 Å². The number of nitrogens with zero attached hydrogens (tertiary/aromatic N) is 5. The van der Waals surface area contributed by atoms with Gasteiger partial charge >= 0.3 is 0 Å². The molecule has 1 amide bonds. The average molecular weight is 439 g/mol. The molecule has 2 aromatic carbocycles. The number of benzene rings is 2. The summed E-state index contributed by atoms with van der Waals surface area (Å²) in [4.78, 5) is 20.0. The summed E-state index contributed by atoms with van der Waals surface area (Å²) in [6.07, 6.45) is 0.485. The molecule has 0 spiro atoms. The van der Waals surface area contributed by atoms with Crippen LogP contribution in [0.25, 0.3) is 0 Å². The van der Waals surface area contributed by atoms with Crippen molar-refractivity contribution in [3.05, 3.63) is 64.7 Å². The van der Waals surface area contributed by atoms with Crippen LogP contribution >= 0.6 is 0 Å². The summed E-state index contributed by atoms with van der Waals surface area (Å²) in [5.74, 6) is -0.392. The number of rotatable bonds is 6. The van der Waals surface area contributed by atoms with E-state index >= 15 is 0 Å². The second kappa shape index (κ2) is 8.37. The number of nitrogens with one attached hydrogen (secondary N) is 1. The van der Waals surface area contributed by atoms with E-state index in [1.807, 2.05) is 6.92 Å². The van der Waals surface area contributed by atoms with Crippen LogP contribution in [0.5, 0.6) is 0 Å². The molecule has 0 bridgehead atoms. The number of fused-ring (bicyclic) bond motifs is 1. The third-order valence-corrected chi connectivity index (χ3v) is 5.30. The first-order chi connectivity index (χ1) is 15.2. The molecule has 3 N–H and O–H groups in total.